The normalized spacial score (nSPS) is 15.8. The topological polar surface area (TPSA) is 70.1 Å². The molecule has 2 rings (SSSR count). The van der Waals surface area contributed by atoms with E-state index in [0.29, 0.717) is 12.0 Å². The van der Waals surface area contributed by atoms with E-state index < -0.39 is 0 Å². The number of rotatable bonds is 9. The molecule has 1 unspecified atom stereocenters. The van der Waals surface area contributed by atoms with Gasteiger partial charge in [0.2, 0.25) is 0 Å². The van der Waals surface area contributed by atoms with Crippen molar-refractivity contribution in [3.63, 3.8) is 0 Å². The zero-order valence-corrected chi connectivity index (χ0v) is 13.4. The number of aromatic nitrogens is 2. The zero-order valence-electron chi connectivity index (χ0n) is 13.4. The van der Waals surface area contributed by atoms with E-state index in [-0.39, 0.29) is 6.61 Å². The van der Waals surface area contributed by atoms with E-state index in [1.165, 1.54) is 12.8 Å². The lowest BCUT2D eigenvalue weighted by atomic mass is 10.2. The summed E-state index contributed by atoms with van der Waals surface area (Å²) in [6.45, 7) is 7.53. The highest BCUT2D eigenvalue weighted by molar-refractivity contribution is 5.58. The second kappa shape index (κ2) is 7.59. The first-order chi connectivity index (χ1) is 10.2. The predicted octanol–water partition coefficient (Wildman–Crippen LogP) is 3.06. The highest BCUT2D eigenvalue weighted by Crippen LogP contribution is 2.39. The molecule has 21 heavy (non-hydrogen) atoms. The first kappa shape index (κ1) is 16.0. The van der Waals surface area contributed by atoms with Crippen molar-refractivity contribution in [1.82, 2.24) is 9.97 Å². The molecule has 118 valence electrons. The summed E-state index contributed by atoms with van der Waals surface area (Å²) in [4.78, 5) is 9.43. The van der Waals surface area contributed by atoms with Crippen LogP contribution in [0.2, 0.25) is 0 Å². The quantitative estimate of drug-likeness (QED) is 0.652. The Hall–Kier alpha value is -1.36. The van der Waals surface area contributed by atoms with Crippen molar-refractivity contribution in [2.75, 3.05) is 23.8 Å². The maximum Gasteiger partial charge on any atom is 0.136 e. The average molecular weight is 292 g/mol. The summed E-state index contributed by atoms with van der Waals surface area (Å²) in [6, 6.07) is 0.303. The third-order valence-corrected chi connectivity index (χ3v) is 3.83. The Labute approximate surface area is 127 Å². The van der Waals surface area contributed by atoms with Gasteiger partial charge in [0.25, 0.3) is 0 Å². The summed E-state index contributed by atoms with van der Waals surface area (Å²) in [5.74, 6) is 3.42. The standard InChI is InChI=1S/C16H28N4O/c1-4-9-17-14-12(3)15(18-11(2)6-5-10-21)20-16(19-14)13-7-8-13/h11,13,21H,4-10H2,1-3H3,(H2,17,18,19,20). The molecule has 0 bridgehead atoms. The van der Waals surface area contributed by atoms with Gasteiger partial charge in [0.15, 0.2) is 0 Å². The summed E-state index contributed by atoms with van der Waals surface area (Å²) in [6.07, 6.45) is 5.24. The van der Waals surface area contributed by atoms with Crippen LogP contribution in [0.4, 0.5) is 11.6 Å². The van der Waals surface area contributed by atoms with Crippen molar-refractivity contribution in [2.45, 2.75) is 64.8 Å². The molecular formula is C16H28N4O. The van der Waals surface area contributed by atoms with Gasteiger partial charge >= 0.3 is 0 Å². The van der Waals surface area contributed by atoms with Crippen molar-refractivity contribution >= 4 is 11.6 Å². The molecule has 5 heteroatoms. The van der Waals surface area contributed by atoms with Crippen LogP contribution in [0.5, 0.6) is 0 Å². The van der Waals surface area contributed by atoms with Crippen molar-refractivity contribution in [1.29, 1.82) is 0 Å². The molecule has 0 amide bonds. The second-order valence-corrected chi connectivity index (χ2v) is 6.02. The van der Waals surface area contributed by atoms with E-state index in [1.807, 2.05) is 0 Å². The molecular weight excluding hydrogens is 264 g/mol. The molecule has 1 aromatic rings. The Bertz CT molecular complexity index is 460. The van der Waals surface area contributed by atoms with E-state index >= 15 is 0 Å². The molecule has 0 spiro atoms. The summed E-state index contributed by atoms with van der Waals surface area (Å²) < 4.78 is 0. The van der Waals surface area contributed by atoms with Crippen LogP contribution in [-0.2, 0) is 0 Å². The lowest BCUT2D eigenvalue weighted by Crippen LogP contribution is -2.19. The molecule has 5 nitrogen and oxygen atoms in total. The van der Waals surface area contributed by atoms with E-state index in [4.69, 9.17) is 15.1 Å². The number of hydrogen-bond acceptors (Lipinski definition) is 5. The SMILES string of the molecule is CCCNc1nc(C2CC2)nc(NC(C)CCCO)c1C. The molecule has 3 N–H and O–H groups in total. The fraction of sp³-hybridized carbons (Fsp3) is 0.750. The predicted molar refractivity (Wildman–Crippen MR) is 86.9 cm³/mol. The molecule has 0 aromatic carbocycles. The van der Waals surface area contributed by atoms with Crippen LogP contribution in [0, 0.1) is 6.92 Å². The van der Waals surface area contributed by atoms with Gasteiger partial charge in [-0.1, -0.05) is 6.92 Å². The number of nitrogens with zero attached hydrogens (tertiary/aromatic N) is 2. The van der Waals surface area contributed by atoms with Crippen molar-refractivity contribution in [3.8, 4) is 0 Å². The van der Waals surface area contributed by atoms with Gasteiger partial charge in [-0.05, 0) is 46.0 Å². The van der Waals surface area contributed by atoms with E-state index in [9.17, 15) is 0 Å². The minimum absolute atomic E-state index is 0.241. The van der Waals surface area contributed by atoms with Crippen molar-refractivity contribution < 1.29 is 5.11 Å². The van der Waals surface area contributed by atoms with Gasteiger partial charge in [-0.15, -0.1) is 0 Å². The largest absolute Gasteiger partial charge is 0.396 e. The maximum absolute atomic E-state index is 8.94. The third kappa shape index (κ3) is 4.56. The number of aliphatic hydroxyl groups excluding tert-OH is 1. The lowest BCUT2D eigenvalue weighted by Gasteiger charge is -2.18. The zero-order chi connectivity index (χ0) is 15.2. The van der Waals surface area contributed by atoms with Crippen LogP contribution in [0.25, 0.3) is 0 Å². The van der Waals surface area contributed by atoms with Crippen LogP contribution in [0.3, 0.4) is 0 Å². The molecule has 1 saturated carbocycles. The molecule has 0 radical (unpaired) electrons. The highest BCUT2D eigenvalue weighted by atomic mass is 16.2. The molecule has 1 heterocycles. The number of hydrogen-bond donors (Lipinski definition) is 3. The van der Waals surface area contributed by atoms with E-state index in [0.717, 1.165) is 48.8 Å². The third-order valence-electron chi connectivity index (χ3n) is 3.83. The van der Waals surface area contributed by atoms with Crippen LogP contribution in [-0.4, -0.2) is 34.3 Å². The van der Waals surface area contributed by atoms with E-state index in [2.05, 4.69) is 31.4 Å². The molecule has 1 fully saturated rings. The Morgan fingerprint density at radius 3 is 2.62 bits per heavy atom. The van der Waals surface area contributed by atoms with Crippen LogP contribution in [0.1, 0.15) is 63.3 Å². The maximum atomic E-state index is 8.94. The van der Waals surface area contributed by atoms with Gasteiger partial charge in [-0.2, -0.15) is 0 Å². The first-order valence-electron chi connectivity index (χ1n) is 8.15. The molecule has 1 aliphatic rings. The van der Waals surface area contributed by atoms with Crippen molar-refractivity contribution in [2.24, 2.45) is 0 Å². The monoisotopic (exact) mass is 292 g/mol. The van der Waals surface area contributed by atoms with Crippen molar-refractivity contribution in [3.05, 3.63) is 11.4 Å². The van der Waals surface area contributed by atoms with Gasteiger partial charge in [0.1, 0.15) is 17.5 Å². The minimum Gasteiger partial charge on any atom is -0.396 e. The smallest absolute Gasteiger partial charge is 0.136 e. The van der Waals surface area contributed by atoms with E-state index in [1.54, 1.807) is 0 Å². The number of anilines is 2. The van der Waals surface area contributed by atoms with Crippen LogP contribution in [0.15, 0.2) is 0 Å². The minimum atomic E-state index is 0.241. The van der Waals surface area contributed by atoms with Gasteiger partial charge < -0.3 is 15.7 Å². The molecule has 0 aliphatic heterocycles. The summed E-state index contributed by atoms with van der Waals surface area (Å²) in [5, 5.41) is 15.8. The molecule has 1 aromatic heterocycles. The second-order valence-electron chi connectivity index (χ2n) is 6.02. The molecule has 1 aliphatic carbocycles. The lowest BCUT2D eigenvalue weighted by molar-refractivity contribution is 0.282. The average Bonchev–Trinajstić information content (AvgIpc) is 3.30. The van der Waals surface area contributed by atoms with Gasteiger partial charge in [-0.3, -0.25) is 0 Å². The summed E-state index contributed by atoms with van der Waals surface area (Å²) >= 11 is 0. The fourth-order valence-electron chi connectivity index (χ4n) is 2.32. The molecule has 0 saturated heterocycles. The van der Waals surface area contributed by atoms with Gasteiger partial charge in [0.05, 0.1) is 0 Å². The van der Waals surface area contributed by atoms with Gasteiger partial charge in [0, 0.05) is 30.7 Å². The Kier molecular flexibility index (Phi) is 5.79. The Morgan fingerprint density at radius 1 is 1.29 bits per heavy atom. The number of nitrogens with one attached hydrogen (secondary N) is 2. The van der Waals surface area contributed by atoms with Gasteiger partial charge in [-0.25, -0.2) is 9.97 Å². The van der Waals surface area contributed by atoms with Crippen LogP contribution >= 0.6 is 0 Å². The summed E-state index contributed by atoms with van der Waals surface area (Å²) in [5.41, 5.74) is 1.09. The Morgan fingerprint density at radius 2 is 2.00 bits per heavy atom. The summed E-state index contributed by atoms with van der Waals surface area (Å²) in [7, 11) is 0. The Balaban J connectivity index is 2.15. The highest BCUT2D eigenvalue weighted by Gasteiger charge is 2.28. The van der Waals surface area contributed by atoms with Crippen LogP contribution < -0.4 is 10.6 Å². The number of aliphatic hydroxyl groups is 1. The fourth-order valence-corrected chi connectivity index (χ4v) is 2.32. The molecule has 1 atom stereocenters. The first-order valence-corrected chi connectivity index (χ1v) is 8.15.